The number of hydrogen-bond donors (Lipinski definition) is 0. The van der Waals surface area contributed by atoms with Gasteiger partial charge in [0.25, 0.3) is 0 Å². The molecular weight excluding hydrogens is 222 g/mol. The van der Waals surface area contributed by atoms with Crippen LogP contribution < -0.4 is 0 Å². The Morgan fingerprint density at radius 1 is 1.06 bits per heavy atom. The first kappa shape index (κ1) is 13.6. The van der Waals surface area contributed by atoms with Gasteiger partial charge in [-0.2, -0.15) is 0 Å². The molecule has 0 N–H and O–H groups in total. The molecule has 0 spiro atoms. The first-order valence-electron chi connectivity index (χ1n) is 5.82. The molecule has 1 aliphatic heterocycles. The fourth-order valence-electron chi connectivity index (χ4n) is 1.51. The van der Waals surface area contributed by atoms with E-state index in [4.69, 9.17) is 4.74 Å². The van der Waals surface area contributed by atoms with Crippen molar-refractivity contribution in [1.82, 2.24) is 4.90 Å². The molecule has 0 atom stereocenters. The number of likely N-dealkylation sites (tertiary alicyclic amines) is 1. The molecule has 0 aromatic heterocycles. The Bertz CT molecular complexity index is 314. The zero-order chi connectivity index (χ0) is 12.9. The summed E-state index contributed by atoms with van der Waals surface area (Å²) in [5, 5.41) is 6.63. The van der Waals surface area contributed by atoms with Crippen LogP contribution in [-0.4, -0.2) is 35.7 Å². The van der Waals surface area contributed by atoms with E-state index in [0.29, 0.717) is 13.1 Å². The molecule has 6 nitrogen and oxygen atoms in total. The van der Waals surface area contributed by atoms with E-state index < -0.39 is 17.7 Å². The lowest BCUT2D eigenvalue weighted by Crippen LogP contribution is -2.33. The van der Waals surface area contributed by atoms with Crippen LogP contribution >= 0.6 is 0 Å². The average Bonchev–Trinajstić information content (AvgIpc) is 2.25. The van der Waals surface area contributed by atoms with Crippen molar-refractivity contribution in [2.45, 2.75) is 45.6 Å². The molecule has 0 aromatic rings. The highest BCUT2D eigenvalue weighted by molar-refractivity contribution is 5.77. The van der Waals surface area contributed by atoms with E-state index in [2.05, 4.69) is 10.2 Å². The summed E-state index contributed by atoms with van der Waals surface area (Å²) in [5.41, 5.74) is -0.621. The number of piperidine rings is 1. The summed E-state index contributed by atoms with van der Waals surface area (Å²) in [6.45, 7) is 6.56. The van der Waals surface area contributed by atoms with Gasteiger partial charge < -0.3 is 9.64 Å². The maximum absolute atomic E-state index is 11.5. The van der Waals surface area contributed by atoms with Gasteiger partial charge in [-0.1, -0.05) is 10.2 Å². The predicted octanol–water partition coefficient (Wildman–Crippen LogP) is 2.98. The molecule has 1 aliphatic rings. The van der Waals surface area contributed by atoms with Crippen molar-refractivity contribution < 1.29 is 14.3 Å². The fourth-order valence-corrected chi connectivity index (χ4v) is 1.51. The van der Waals surface area contributed by atoms with E-state index >= 15 is 0 Å². The molecule has 0 radical (unpaired) electrons. The first-order valence-corrected chi connectivity index (χ1v) is 5.82. The lowest BCUT2D eigenvalue weighted by molar-refractivity contribution is 0.0589. The third-order valence-electron chi connectivity index (χ3n) is 2.24. The van der Waals surface area contributed by atoms with Crippen LogP contribution in [-0.2, 0) is 4.74 Å². The minimum atomic E-state index is -0.831. The quantitative estimate of drug-likeness (QED) is 0.612. The minimum absolute atomic E-state index is 0.462. The van der Waals surface area contributed by atoms with Crippen LogP contribution in [0.4, 0.5) is 9.59 Å². The van der Waals surface area contributed by atoms with Gasteiger partial charge in [0.2, 0.25) is 0 Å². The number of nitrogens with zero attached hydrogens (tertiary/aromatic N) is 3. The average molecular weight is 241 g/mol. The normalized spacial score (nSPS) is 17.2. The van der Waals surface area contributed by atoms with E-state index in [0.717, 1.165) is 19.3 Å². The van der Waals surface area contributed by atoms with Crippen molar-refractivity contribution in [3.8, 4) is 0 Å². The smallest absolute Gasteiger partial charge is 0.441 e. The molecule has 96 valence electrons. The number of rotatable bonds is 0. The van der Waals surface area contributed by atoms with Gasteiger partial charge in [0.05, 0.1) is 0 Å². The summed E-state index contributed by atoms with van der Waals surface area (Å²) in [5.74, 6) is 0. The highest BCUT2D eigenvalue weighted by Gasteiger charge is 2.18. The van der Waals surface area contributed by atoms with Crippen molar-refractivity contribution in [2.75, 3.05) is 13.1 Å². The highest BCUT2D eigenvalue weighted by atomic mass is 16.6. The van der Waals surface area contributed by atoms with Crippen LogP contribution in [0.5, 0.6) is 0 Å². The molecule has 17 heavy (non-hydrogen) atoms. The molecule has 1 saturated heterocycles. The molecule has 3 amide bonds. The summed E-state index contributed by atoms with van der Waals surface area (Å²) in [6, 6.07) is -0.462. The van der Waals surface area contributed by atoms with E-state index in [1.165, 1.54) is 0 Å². The molecular formula is C11H19N3O3. The van der Waals surface area contributed by atoms with Crippen molar-refractivity contribution in [3.05, 3.63) is 0 Å². The van der Waals surface area contributed by atoms with Gasteiger partial charge in [0.1, 0.15) is 5.60 Å². The fraction of sp³-hybridized carbons (Fsp3) is 0.818. The first-order chi connectivity index (χ1) is 7.88. The van der Waals surface area contributed by atoms with Gasteiger partial charge in [-0.25, -0.2) is 9.59 Å². The van der Waals surface area contributed by atoms with Crippen molar-refractivity contribution in [3.63, 3.8) is 0 Å². The standard InChI is InChI=1S/C11H19N3O3/c1-11(2,3)17-10(16)13-12-9(15)14-7-5-4-6-8-14/h4-8H2,1-3H3/b13-12+. The molecule has 6 heteroatoms. The van der Waals surface area contributed by atoms with Gasteiger partial charge in [-0.15, -0.1) is 0 Å². The minimum Gasteiger partial charge on any atom is -0.441 e. The largest absolute Gasteiger partial charge is 0.453 e. The summed E-state index contributed by atoms with van der Waals surface area (Å²) in [7, 11) is 0. The molecule has 1 fully saturated rings. The molecule has 0 unspecified atom stereocenters. The van der Waals surface area contributed by atoms with E-state index in [-0.39, 0.29) is 0 Å². The monoisotopic (exact) mass is 241 g/mol. The lowest BCUT2D eigenvalue weighted by atomic mass is 10.1. The Hall–Kier alpha value is -1.46. The van der Waals surface area contributed by atoms with Gasteiger partial charge in [0.15, 0.2) is 0 Å². The van der Waals surface area contributed by atoms with Crippen LogP contribution in [0.2, 0.25) is 0 Å². The number of hydrogen-bond acceptors (Lipinski definition) is 3. The topological polar surface area (TPSA) is 71.3 Å². The van der Waals surface area contributed by atoms with Crippen molar-refractivity contribution >= 4 is 12.1 Å². The Balaban J connectivity index is 2.41. The summed E-state index contributed by atoms with van der Waals surface area (Å²) >= 11 is 0. The molecule has 0 saturated carbocycles. The zero-order valence-corrected chi connectivity index (χ0v) is 10.6. The number of urea groups is 1. The van der Waals surface area contributed by atoms with Crippen molar-refractivity contribution in [1.29, 1.82) is 0 Å². The molecule has 0 bridgehead atoms. The number of ether oxygens (including phenoxy) is 1. The van der Waals surface area contributed by atoms with Gasteiger partial charge in [-0.3, -0.25) is 0 Å². The van der Waals surface area contributed by atoms with E-state index in [9.17, 15) is 9.59 Å². The third-order valence-corrected chi connectivity index (χ3v) is 2.24. The molecule has 0 aromatic carbocycles. The maximum atomic E-state index is 11.5. The van der Waals surface area contributed by atoms with Crippen LogP contribution in [0.15, 0.2) is 10.2 Å². The lowest BCUT2D eigenvalue weighted by Gasteiger charge is -2.23. The Morgan fingerprint density at radius 3 is 2.18 bits per heavy atom. The predicted molar refractivity (Wildman–Crippen MR) is 61.9 cm³/mol. The molecule has 1 rings (SSSR count). The Morgan fingerprint density at radius 2 is 1.65 bits per heavy atom. The number of carbonyl (C=O) groups is 2. The number of carbonyl (C=O) groups excluding carboxylic acids is 2. The van der Waals surface area contributed by atoms with Crippen molar-refractivity contribution in [2.24, 2.45) is 10.2 Å². The number of amides is 3. The van der Waals surface area contributed by atoms with Crippen LogP contribution in [0.3, 0.4) is 0 Å². The second-order valence-corrected chi connectivity index (χ2v) is 5.01. The summed E-state index contributed by atoms with van der Waals surface area (Å²) in [6.07, 6.45) is 2.26. The molecule has 0 aliphatic carbocycles. The SMILES string of the molecule is CC(C)(C)OC(=O)/N=N/C(=O)N1CCCCC1. The second-order valence-electron chi connectivity index (χ2n) is 5.01. The van der Waals surface area contributed by atoms with Crippen LogP contribution in [0.1, 0.15) is 40.0 Å². The van der Waals surface area contributed by atoms with Crippen LogP contribution in [0, 0.1) is 0 Å². The van der Waals surface area contributed by atoms with E-state index in [1.54, 1.807) is 25.7 Å². The second kappa shape index (κ2) is 5.75. The third kappa shape index (κ3) is 5.42. The molecule has 1 heterocycles. The summed E-state index contributed by atoms with van der Waals surface area (Å²) < 4.78 is 4.91. The zero-order valence-electron chi connectivity index (χ0n) is 10.6. The Labute approximate surface area is 101 Å². The maximum Gasteiger partial charge on any atom is 0.453 e. The highest BCUT2D eigenvalue weighted by Crippen LogP contribution is 2.11. The van der Waals surface area contributed by atoms with E-state index in [1.807, 2.05) is 0 Å². The van der Waals surface area contributed by atoms with Crippen LogP contribution in [0.25, 0.3) is 0 Å². The number of azo groups is 1. The Kier molecular flexibility index (Phi) is 4.60. The van der Waals surface area contributed by atoms with Gasteiger partial charge in [-0.05, 0) is 40.0 Å². The van der Waals surface area contributed by atoms with Gasteiger partial charge >= 0.3 is 12.1 Å². The summed E-state index contributed by atoms with van der Waals surface area (Å²) in [4.78, 5) is 24.3. The van der Waals surface area contributed by atoms with Gasteiger partial charge in [0, 0.05) is 13.1 Å².